The summed E-state index contributed by atoms with van der Waals surface area (Å²) in [5.74, 6) is -0.621. The van der Waals surface area contributed by atoms with Crippen molar-refractivity contribution < 1.29 is 14.7 Å². The molecule has 2 unspecified atom stereocenters. The Morgan fingerprint density at radius 2 is 1.97 bits per heavy atom. The van der Waals surface area contributed by atoms with Gasteiger partial charge in [0.1, 0.15) is 5.75 Å². The molecule has 0 spiro atoms. The smallest absolute Gasteiger partial charge is 0.255 e. The highest BCUT2D eigenvalue weighted by Gasteiger charge is 2.28. The van der Waals surface area contributed by atoms with Gasteiger partial charge in [0.05, 0.1) is 16.3 Å². The van der Waals surface area contributed by atoms with Crippen LogP contribution in [0.5, 0.6) is 5.75 Å². The van der Waals surface area contributed by atoms with Crippen molar-refractivity contribution in [2.75, 3.05) is 18.4 Å². The zero-order valence-electron chi connectivity index (χ0n) is 16.6. The number of likely N-dealkylation sites (tertiary alicyclic amines) is 1. The monoisotopic (exact) mass is 415 g/mol. The minimum Gasteiger partial charge on any atom is -0.507 e. The molecule has 154 valence electrons. The van der Waals surface area contributed by atoms with Crippen LogP contribution in [0, 0.1) is 5.92 Å². The fraction of sp³-hybridized carbons (Fsp3) is 0.364. The van der Waals surface area contributed by atoms with E-state index in [0.717, 1.165) is 26.1 Å². The number of nitrogens with one attached hydrogen (secondary N) is 2. The zero-order chi connectivity index (χ0) is 21.0. The summed E-state index contributed by atoms with van der Waals surface area (Å²) in [5, 5.41) is 16.0. The molecule has 2 aromatic rings. The van der Waals surface area contributed by atoms with E-state index in [0.29, 0.717) is 0 Å². The summed E-state index contributed by atoms with van der Waals surface area (Å²) < 4.78 is 0. The third-order valence-electron chi connectivity index (χ3n) is 5.20. The van der Waals surface area contributed by atoms with E-state index in [9.17, 15) is 14.7 Å². The molecule has 2 amide bonds. The summed E-state index contributed by atoms with van der Waals surface area (Å²) in [6, 6.07) is 13.0. The van der Waals surface area contributed by atoms with Crippen LogP contribution in [0.3, 0.4) is 0 Å². The van der Waals surface area contributed by atoms with Gasteiger partial charge in [-0.05, 0) is 24.0 Å². The van der Waals surface area contributed by atoms with Gasteiger partial charge in [0, 0.05) is 38.7 Å². The van der Waals surface area contributed by atoms with Crippen molar-refractivity contribution in [2.45, 2.75) is 32.9 Å². The predicted molar refractivity (Wildman–Crippen MR) is 114 cm³/mol. The van der Waals surface area contributed by atoms with Crippen LogP contribution in [-0.2, 0) is 11.3 Å². The number of carbonyl (C=O) groups excluding carboxylic acids is 2. The van der Waals surface area contributed by atoms with Crippen LogP contribution >= 0.6 is 11.6 Å². The first-order chi connectivity index (χ1) is 13.8. The first-order valence-electron chi connectivity index (χ1n) is 9.70. The van der Waals surface area contributed by atoms with Crippen molar-refractivity contribution in [1.29, 1.82) is 0 Å². The lowest BCUT2D eigenvalue weighted by Gasteiger charge is -2.37. The molecule has 3 rings (SSSR count). The summed E-state index contributed by atoms with van der Waals surface area (Å²) in [6.45, 7) is 6.13. The number of carbonyl (C=O) groups is 2. The van der Waals surface area contributed by atoms with E-state index in [1.54, 1.807) is 0 Å². The number of halogens is 1. The second-order valence-corrected chi connectivity index (χ2v) is 8.00. The van der Waals surface area contributed by atoms with Gasteiger partial charge in [-0.15, -0.1) is 0 Å². The van der Waals surface area contributed by atoms with E-state index in [1.807, 2.05) is 18.2 Å². The average Bonchev–Trinajstić information content (AvgIpc) is 2.67. The van der Waals surface area contributed by atoms with E-state index in [2.05, 4.69) is 34.6 Å². The Balaban J connectivity index is 1.61. The molecule has 0 bridgehead atoms. The lowest BCUT2D eigenvalue weighted by atomic mass is 9.93. The van der Waals surface area contributed by atoms with Crippen LogP contribution in [0.1, 0.15) is 36.2 Å². The van der Waals surface area contributed by atoms with E-state index in [4.69, 9.17) is 11.6 Å². The number of phenolic OH excluding ortho intramolecular Hbond substituents is 1. The lowest BCUT2D eigenvalue weighted by Crippen LogP contribution is -2.49. The molecule has 3 N–H and O–H groups in total. The van der Waals surface area contributed by atoms with Gasteiger partial charge in [0.15, 0.2) is 0 Å². The highest BCUT2D eigenvalue weighted by Crippen LogP contribution is 2.30. The van der Waals surface area contributed by atoms with Gasteiger partial charge < -0.3 is 15.7 Å². The maximum absolute atomic E-state index is 12.7. The van der Waals surface area contributed by atoms with Crippen LogP contribution in [-0.4, -0.2) is 41.0 Å². The third-order valence-corrected chi connectivity index (χ3v) is 5.51. The highest BCUT2D eigenvalue weighted by molar-refractivity contribution is 6.34. The average molecular weight is 416 g/mol. The number of benzene rings is 2. The summed E-state index contributed by atoms with van der Waals surface area (Å²) >= 11 is 6.14. The van der Waals surface area contributed by atoms with Gasteiger partial charge >= 0.3 is 0 Å². The third kappa shape index (κ3) is 5.49. The maximum atomic E-state index is 12.7. The standard InChI is InChI=1S/C22H26ClN3O3/c1-14-12-26(13-16-6-4-3-5-7-16)9-8-19(14)25-22(29)17-10-18(23)20(11-21(17)28)24-15(2)27/h3-7,10-11,14,19,28H,8-9,12-13H2,1-2H3,(H,24,27)(H,25,29). The van der Waals surface area contributed by atoms with Crippen molar-refractivity contribution in [3.63, 3.8) is 0 Å². The van der Waals surface area contributed by atoms with Gasteiger partial charge in [-0.25, -0.2) is 0 Å². The van der Waals surface area contributed by atoms with Crippen LogP contribution in [0.4, 0.5) is 5.69 Å². The summed E-state index contributed by atoms with van der Waals surface area (Å²) in [4.78, 5) is 26.3. The number of hydrogen-bond acceptors (Lipinski definition) is 4. The Morgan fingerprint density at radius 3 is 2.62 bits per heavy atom. The molecule has 0 aromatic heterocycles. The van der Waals surface area contributed by atoms with Crippen LogP contribution in [0.25, 0.3) is 0 Å². The molecule has 7 heteroatoms. The number of phenols is 1. The molecule has 0 radical (unpaired) electrons. The molecule has 29 heavy (non-hydrogen) atoms. The van der Waals surface area contributed by atoms with Gasteiger partial charge in [0.2, 0.25) is 5.91 Å². The van der Waals surface area contributed by atoms with Gasteiger partial charge in [0.25, 0.3) is 5.91 Å². The fourth-order valence-corrected chi connectivity index (χ4v) is 3.92. The molecule has 1 heterocycles. The van der Waals surface area contributed by atoms with Crippen LogP contribution in [0.2, 0.25) is 5.02 Å². The Hall–Kier alpha value is -2.57. The van der Waals surface area contributed by atoms with Gasteiger partial charge in [-0.2, -0.15) is 0 Å². The molecule has 1 fully saturated rings. The summed E-state index contributed by atoms with van der Waals surface area (Å²) in [5.41, 5.74) is 1.65. The Labute approximate surface area is 175 Å². The largest absolute Gasteiger partial charge is 0.507 e. The molecule has 2 aromatic carbocycles. The van der Waals surface area contributed by atoms with Gasteiger partial charge in [-0.3, -0.25) is 14.5 Å². The maximum Gasteiger partial charge on any atom is 0.255 e. The number of amides is 2. The molecule has 1 aliphatic rings. The fourth-order valence-electron chi connectivity index (χ4n) is 3.71. The molecule has 2 atom stereocenters. The number of nitrogens with zero attached hydrogens (tertiary/aromatic N) is 1. The molecule has 0 aliphatic carbocycles. The first-order valence-corrected chi connectivity index (χ1v) is 10.1. The van der Waals surface area contributed by atoms with E-state index >= 15 is 0 Å². The summed E-state index contributed by atoms with van der Waals surface area (Å²) in [6.07, 6.45) is 0.832. The molecular formula is C22H26ClN3O3. The lowest BCUT2D eigenvalue weighted by molar-refractivity contribution is -0.114. The molecule has 1 aliphatic heterocycles. The van der Waals surface area contributed by atoms with E-state index in [1.165, 1.54) is 24.6 Å². The van der Waals surface area contributed by atoms with Crippen LogP contribution in [0.15, 0.2) is 42.5 Å². The van der Waals surface area contributed by atoms with E-state index < -0.39 is 0 Å². The van der Waals surface area contributed by atoms with Crippen molar-refractivity contribution in [2.24, 2.45) is 5.92 Å². The van der Waals surface area contributed by atoms with Crippen LogP contribution < -0.4 is 10.6 Å². The SMILES string of the molecule is CC(=O)Nc1cc(O)c(C(=O)NC2CCN(Cc3ccccc3)CC2C)cc1Cl. The number of piperidine rings is 1. The zero-order valence-corrected chi connectivity index (χ0v) is 17.4. The minimum atomic E-state index is -0.368. The quantitative estimate of drug-likeness (QED) is 0.696. The second kappa shape index (κ2) is 9.29. The Morgan fingerprint density at radius 1 is 1.24 bits per heavy atom. The molecule has 0 saturated carbocycles. The number of rotatable bonds is 5. The number of anilines is 1. The second-order valence-electron chi connectivity index (χ2n) is 7.60. The van der Waals surface area contributed by atoms with Crippen molar-refractivity contribution >= 4 is 29.1 Å². The molecule has 6 nitrogen and oxygen atoms in total. The predicted octanol–water partition coefficient (Wildman–Crippen LogP) is 3.64. The van der Waals surface area contributed by atoms with Crippen molar-refractivity contribution in [1.82, 2.24) is 10.2 Å². The van der Waals surface area contributed by atoms with Gasteiger partial charge in [-0.1, -0.05) is 48.9 Å². The Bertz CT molecular complexity index is 888. The minimum absolute atomic E-state index is 0.0164. The normalized spacial score (nSPS) is 19.6. The summed E-state index contributed by atoms with van der Waals surface area (Å²) in [7, 11) is 0. The number of hydrogen-bond donors (Lipinski definition) is 3. The molecule has 1 saturated heterocycles. The van der Waals surface area contributed by atoms with E-state index in [-0.39, 0.29) is 45.8 Å². The molecular weight excluding hydrogens is 390 g/mol. The van der Waals surface area contributed by atoms with Crippen molar-refractivity contribution in [3.05, 3.63) is 58.6 Å². The highest BCUT2D eigenvalue weighted by atomic mass is 35.5. The topological polar surface area (TPSA) is 81.7 Å². The first kappa shape index (κ1) is 21.1. The Kier molecular flexibility index (Phi) is 6.77. The number of aromatic hydroxyl groups is 1. The van der Waals surface area contributed by atoms with Crippen molar-refractivity contribution in [3.8, 4) is 5.75 Å².